The zero-order valence-electron chi connectivity index (χ0n) is 29.2. The number of hydrogen-bond donors (Lipinski definition) is 3. The van der Waals surface area contributed by atoms with Gasteiger partial charge in [-0.05, 0) is 48.1 Å². The molecule has 1 aromatic heterocycles. The van der Waals surface area contributed by atoms with E-state index in [2.05, 4.69) is 10.3 Å². The Morgan fingerprint density at radius 1 is 1.02 bits per heavy atom. The molecule has 1 fully saturated rings. The van der Waals surface area contributed by atoms with Crippen LogP contribution in [0.1, 0.15) is 69.7 Å². The van der Waals surface area contributed by atoms with Crippen molar-refractivity contribution >= 4 is 29.2 Å². The lowest BCUT2D eigenvalue weighted by Crippen LogP contribution is -2.67. The van der Waals surface area contributed by atoms with Crippen molar-refractivity contribution in [3.63, 3.8) is 0 Å². The first-order valence-electron chi connectivity index (χ1n) is 16.7. The van der Waals surface area contributed by atoms with E-state index in [4.69, 9.17) is 4.74 Å². The Balaban J connectivity index is 1.43. The third kappa shape index (κ3) is 8.23. The van der Waals surface area contributed by atoms with Crippen molar-refractivity contribution in [2.24, 2.45) is 5.41 Å². The third-order valence-corrected chi connectivity index (χ3v) is 10.5. The Morgan fingerprint density at radius 2 is 1.66 bits per heavy atom. The van der Waals surface area contributed by atoms with Crippen LogP contribution in [-0.2, 0) is 24.3 Å². The Bertz CT molecular complexity index is 1780. The Morgan fingerprint density at radius 3 is 2.26 bits per heavy atom. The number of nitrogens with one attached hydrogen (secondary N) is 1. The molecule has 3 N–H and O–H groups in total. The highest BCUT2D eigenvalue weighted by atomic mass is 32.1. The van der Waals surface area contributed by atoms with Gasteiger partial charge in [0.2, 0.25) is 0 Å². The van der Waals surface area contributed by atoms with Crippen LogP contribution in [0.15, 0.2) is 90.3 Å². The standard InChI is InChI=1S/C39H46N4O6S/c1-26-25-50-33(40-26)23-42(5)36(46)30-18-12-17-29(20-30)35(45)41-32(19-27-13-8-6-9-14-27)34(44)39(38(2,3)4)21-31(22-43(39)37(47)48)49-24-28-15-10-7-11-16-28/h6-18,20,25,31-32,34,44H,19,21-24H2,1-5H3,(H,41,45)(H,47,48)/t31-,32+,34+,39+/m1/s1. The summed E-state index contributed by atoms with van der Waals surface area (Å²) in [5.74, 6) is -0.747. The maximum absolute atomic E-state index is 14.0. The molecule has 1 saturated heterocycles. The molecule has 11 heteroatoms. The number of hydrogen-bond acceptors (Lipinski definition) is 7. The largest absolute Gasteiger partial charge is 0.465 e. The second-order valence-electron chi connectivity index (χ2n) is 14.0. The molecule has 0 aliphatic carbocycles. The van der Waals surface area contributed by atoms with Gasteiger partial charge < -0.3 is 25.2 Å². The van der Waals surface area contributed by atoms with Crippen molar-refractivity contribution in [2.75, 3.05) is 13.6 Å². The fourth-order valence-corrected chi connectivity index (χ4v) is 7.75. The number of amides is 3. The SMILES string of the molecule is Cc1csc(CN(C)C(=O)c2cccc(C(=O)N[C@@H](Cc3ccccc3)[C@H](O)[C@]3(C(C)(C)C)C[C@@H](OCc4ccccc4)CN3C(=O)O)c2)n1. The van der Waals surface area contributed by atoms with Gasteiger partial charge in [0.1, 0.15) is 5.01 Å². The smallest absolute Gasteiger partial charge is 0.407 e. The minimum absolute atomic E-state index is 0.0702. The van der Waals surface area contributed by atoms with E-state index in [9.17, 15) is 24.6 Å². The van der Waals surface area contributed by atoms with Gasteiger partial charge in [-0.3, -0.25) is 14.5 Å². The second-order valence-corrected chi connectivity index (χ2v) is 15.0. The molecule has 0 radical (unpaired) electrons. The highest BCUT2D eigenvalue weighted by molar-refractivity contribution is 7.09. The van der Waals surface area contributed by atoms with Crippen LogP contribution < -0.4 is 5.32 Å². The number of carboxylic acid groups (broad SMARTS) is 1. The quantitative estimate of drug-likeness (QED) is 0.161. The normalized spacial score (nSPS) is 18.8. The number of aryl methyl sites for hydroxylation is 1. The number of likely N-dealkylation sites (tertiary alicyclic amines) is 1. The summed E-state index contributed by atoms with van der Waals surface area (Å²) in [5, 5.41) is 28.8. The van der Waals surface area contributed by atoms with Gasteiger partial charge >= 0.3 is 6.09 Å². The molecule has 1 aliphatic rings. The van der Waals surface area contributed by atoms with Gasteiger partial charge in [0.05, 0.1) is 43.5 Å². The van der Waals surface area contributed by atoms with Gasteiger partial charge in [-0.15, -0.1) is 11.3 Å². The second kappa shape index (κ2) is 15.5. The molecule has 0 spiro atoms. The van der Waals surface area contributed by atoms with Gasteiger partial charge in [0.25, 0.3) is 11.8 Å². The van der Waals surface area contributed by atoms with Crippen LogP contribution in [0, 0.1) is 12.3 Å². The summed E-state index contributed by atoms with van der Waals surface area (Å²) in [6, 6.07) is 24.7. The van der Waals surface area contributed by atoms with E-state index < -0.39 is 41.2 Å². The lowest BCUT2D eigenvalue weighted by molar-refractivity contribution is -0.0807. The molecule has 0 saturated carbocycles. The Labute approximate surface area is 297 Å². The molecule has 3 aromatic carbocycles. The molecule has 264 valence electrons. The van der Waals surface area contributed by atoms with Crippen LogP contribution >= 0.6 is 11.3 Å². The number of carbonyl (C=O) groups is 3. The number of nitrogens with zero attached hydrogens (tertiary/aromatic N) is 3. The van der Waals surface area contributed by atoms with Crippen molar-refractivity contribution in [1.82, 2.24) is 20.1 Å². The third-order valence-electron chi connectivity index (χ3n) is 9.51. The number of rotatable bonds is 12. The van der Waals surface area contributed by atoms with Gasteiger partial charge in [0, 0.05) is 35.7 Å². The van der Waals surface area contributed by atoms with Gasteiger partial charge in [-0.25, -0.2) is 9.78 Å². The average Bonchev–Trinajstić information content (AvgIpc) is 3.71. The maximum atomic E-state index is 14.0. The molecule has 50 heavy (non-hydrogen) atoms. The van der Waals surface area contributed by atoms with Crippen LogP contribution in [-0.4, -0.2) is 80.3 Å². The fourth-order valence-electron chi connectivity index (χ4n) is 6.93. The predicted molar refractivity (Wildman–Crippen MR) is 193 cm³/mol. The number of ether oxygens (including phenoxy) is 1. The minimum atomic E-state index is -1.33. The van der Waals surface area contributed by atoms with Crippen LogP contribution in [0.2, 0.25) is 0 Å². The topological polar surface area (TPSA) is 132 Å². The van der Waals surface area contributed by atoms with E-state index in [1.54, 1.807) is 36.2 Å². The number of aliphatic hydroxyl groups excluding tert-OH is 1. The molecule has 0 unspecified atom stereocenters. The van der Waals surface area contributed by atoms with Gasteiger partial charge in [0.15, 0.2) is 0 Å². The van der Waals surface area contributed by atoms with E-state index in [0.717, 1.165) is 21.8 Å². The van der Waals surface area contributed by atoms with Gasteiger partial charge in [-0.1, -0.05) is 87.5 Å². The Kier molecular flexibility index (Phi) is 11.4. The molecule has 4 aromatic rings. The Hall–Kier alpha value is -4.58. The molecule has 0 bridgehead atoms. The summed E-state index contributed by atoms with van der Waals surface area (Å²) in [6.45, 7) is 8.33. The van der Waals surface area contributed by atoms with Crippen molar-refractivity contribution in [2.45, 2.75) is 77.5 Å². The molecular formula is C39H46N4O6S. The summed E-state index contributed by atoms with van der Waals surface area (Å²) in [5.41, 5.74) is 1.22. The summed E-state index contributed by atoms with van der Waals surface area (Å²) in [6.07, 6.45) is -2.51. The lowest BCUT2D eigenvalue weighted by atomic mass is 9.66. The van der Waals surface area contributed by atoms with Crippen molar-refractivity contribution < 1.29 is 29.3 Å². The first kappa shape index (κ1) is 36.7. The molecule has 5 rings (SSSR count). The number of benzene rings is 3. The predicted octanol–water partition coefficient (Wildman–Crippen LogP) is 6.18. The molecular weight excluding hydrogens is 653 g/mol. The first-order chi connectivity index (χ1) is 23.8. The molecule has 2 heterocycles. The molecule has 1 aliphatic heterocycles. The molecule has 4 atom stereocenters. The maximum Gasteiger partial charge on any atom is 0.407 e. The minimum Gasteiger partial charge on any atom is -0.465 e. The van der Waals surface area contributed by atoms with E-state index >= 15 is 0 Å². The fraction of sp³-hybridized carbons (Fsp3) is 0.385. The monoisotopic (exact) mass is 698 g/mol. The zero-order chi connectivity index (χ0) is 36.1. The van der Waals surface area contributed by atoms with Crippen LogP contribution in [0.3, 0.4) is 0 Å². The van der Waals surface area contributed by atoms with E-state index in [-0.39, 0.29) is 30.9 Å². The van der Waals surface area contributed by atoms with Gasteiger partial charge in [-0.2, -0.15) is 0 Å². The number of thiazole rings is 1. The zero-order valence-corrected chi connectivity index (χ0v) is 30.0. The molecule has 3 amide bonds. The highest BCUT2D eigenvalue weighted by Gasteiger charge is 2.61. The van der Waals surface area contributed by atoms with E-state index in [0.29, 0.717) is 18.7 Å². The first-order valence-corrected chi connectivity index (χ1v) is 17.6. The summed E-state index contributed by atoms with van der Waals surface area (Å²) in [7, 11) is 1.69. The van der Waals surface area contributed by atoms with Crippen LogP contribution in [0.25, 0.3) is 0 Å². The molecule has 10 nitrogen and oxygen atoms in total. The summed E-state index contributed by atoms with van der Waals surface area (Å²) < 4.78 is 6.27. The van der Waals surface area contributed by atoms with Crippen LogP contribution in [0.5, 0.6) is 0 Å². The van der Waals surface area contributed by atoms with E-state index in [1.165, 1.54) is 16.2 Å². The number of carbonyl (C=O) groups excluding carboxylic acids is 2. The van der Waals surface area contributed by atoms with Crippen molar-refractivity contribution in [1.29, 1.82) is 0 Å². The van der Waals surface area contributed by atoms with Crippen molar-refractivity contribution in [3.8, 4) is 0 Å². The summed E-state index contributed by atoms with van der Waals surface area (Å²) in [4.78, 5) is 47.6. The average molecular weight is 699 g/mol. The number of aromatic nitrogens is 1. The summed E-state index contributed by atoms with van der Waals surface area (Å²) >= 11 is 1.48. The lowest BCUT2D eigenvalue weighted by Gasteiger charge is -2.51. The van der Waals surface area contributed by atoms with E-state index in [1.807, 2.05) is 93.7 Å². The number of aliphatic hydroxyl groups is 1. The van der Waals surface area contributed by atoms with Crippen LogP contribution in [0.4, 0.5) is 4.79 Å². The van der Waals surface area contributed by atoms with Crippen molar-refractivity contribution in [3.05, 3.63) is 123 Å². The highest BCUT2D eigenvalue weighted by Crippen LogP contribution is 2.48.